The summed E-state index contributed by atoms with van der Waals surface area (Å²) in [6.07, 6.45) is 3.23. The van der Waals surface area contributed by atoms with E-state index in [9.17, 15) is 9.59 Å². The summed E-state index contributed by atoms with van der Waals surface area (Å²) in [5, 5.41) is 3.73. The molecule has 4 aromatic rings. The molecule has 6 nitrogen and oxygen atoms in total. The number of hydrogen-bond acceptors (Lipinski definition) is 5. The lowest BCUT2D eigenvalue weighted by atomic mass is 9.99. The molecule has 4 rings (SSSR count). The average Bonchev–Trinajstić information content (AvgIpc) is 3.26. The third-order valence-corrected chi connectivity index (χ3v) is 5.68. The van der Waals surface area contributed by atoms with Crippen molar-refractivity contribution >= 4 is 33.9 Å². The number of rotatable bonds is 8. The Hall–Kier alpha value is -4.32. The van der Waals surface area contributed by atoms with Crippen LogP contribution in [0.15, 0.2) is 77.4 Å². The summed E-state index contributed by atoms with van der Waals surface area (Å²) in [4.78, 5) is 24.3. The van der Waals surface area contributed by atoms with Crippen molar-refractivity contribution in [2.24, 2.45) is 0 Å². The number of hydrogen-bond donors (Lipinski definition) is 1. The number of ketones is 1. The van der Waals surface area contributed by atoms with Gasteiger partial charge in [-0.25, -0.2) is 0 Å². The molecule has 178 valence electrons. The maximum Gasteiger partial charge on any atom is 0.248 e. The quantitative estimate of drug-likeness (QED) is 0.228. The fraction of sp³-hybridized carbons (Fsp3) is 0.172. The van der Waals surface area contributed by atoms with Crippen LogP contribution in [-0.4, -0.2) is 25.4 Å². The highest BCUT2D eigenvalue weighted by Crippen LogP contribution is 2.37. The molecule has 1 N–H and O–H groups in total. The SMILES string of the molecule is CCOc1ccc(-c2coc3cc(OC)c(/C(C)=C/C(=O)Nc4cccc(C(C)=O)c4)cc23)cc1. The van der Waals surface area contributed by atoms with Gasteiger partial charge in [0, 0.05) is 39.9 Å². The fourth-order valence-electron chi connectivity index (χ4n) is 3.92. The second-order valence-electron chi connectivity index (χ2n) is 8.11. The number of ether oxygens (including phenoxy) is 2. The van der Waals surface area contributed by atoms with Gasteiger partial charge in [0.25, 0.3) is 0 Å². The number of carbonyl (C=O) groups excluding carboxylic acids is 2. The van der Waals surface area contributed by atoms with Crippen molar-refractivity contribution in [1.29, 1.82) is 0 Å². The highest BCUT2D eigenvalue weighted by molar-refractivity contribution is 6.06. The summed E-state index contributed by atoms with van der Waals surface area (Å²) in [5.74, 6) is 1.05. The Balaban J connectivity index is 1.66. The van der Waals surface area contributed by atoms with Gasteiger partial charge in [-0.05, 0) is 62.2 Å². The van der Waals surface area contributed by atoms with Crippen LogP contribution < -0.4 is 14.8 Å². The summed E-state index contributed by atoms with van der Waals surface area (Å²) >= 11 is 0. The number of anilines is 1. The Kier molecular flexibility index (Phi) is 7.01. The van der Waals surface area contributed by atoms with E-state index in [1.54, 1.807) is 37.6 Å². The van der Waals surface area contributed by atoms with Crippen molar-refractivity contribution in [2.45, 2.75) is 20.8 Å². The molecule has 3 aromatic carbocycles. The lowest BCUT2D eigenvalue weighted by Gasteiger charge is -2.11. The van der Waals surface area contributed by atoms with E-state index in [-0.39, 0.29) is 11.7 Å². The summed E-state index contributed by atoms with van der Waals surface area (Å²) in [5.41, 5.74) is 5.22. The second kappa shape index (κ2) is 10.3. The first-order valence-corrected chi connectivity index (χ1v) is 11.3. The number of allylic oxidation sites excluding steroid dienone is 1. The zero-order valence-electron chi connectivity index (χ0n) is 20.2. The van der Waals surface area contributed by atoms with Gasteiger partial charge in [0.05, 0.1) is 20.0 Å². The van der Waals surface area contributed by atoms with E-state index in [0.717, 1.165) is 33.4 Å². The van der Waals surface area contributed by atoms with Crippen molar-refractivity contribution in [1.82, 2.24) is 0 Å². The van der Waals surface area contributed by atoms with E-state index in [1.807, 2.05) is 50.2 Å². The maximum absolute atomic E-state index is 12.7. The van der Waals surface area contributed by atoms with Crippen LogP contribution in [0.25, 0.3) is 27.7 Å². The molecule has 0 spiro atoms. The monoisotopic (exact) mass is 469 g/mol. The Morgan fingerprint density at radius 1 is 1.03 bits per heavy atom. The van der Waals surface area contributed by atoms with Crippen molar-refractivity contribution in [3.8, 4) is 22.6 Å². The minimum absolute atomic E-state index is 0.0608. The third kappa shape index (κ3) is 5.27. The van der Waals surface area contributed by atoms with Gasteiger partial charge in [0.1, 0.15) is 17.1 Å². The molecule has 0 radical (unpaired) electrons. The second-order valence-corrected chi connectivity index (χ2v) is 8.11. The molecule has 0 saturated heterocycles. The van der Waals surface area contributed by atoms with Crippen molar-refractivity contribution in [3.05, 3.63) is 84.1 Å². The van der Waals surface area contributed by atoms with Crippen molar-refractivity contribution in [3.63, 3.8) is 0 Å². The summed E-state index contributed by atoms with van der Waals surface area (Å²) in [7, 11) is 1.58. The van der Waals surface area contributed by atoms with Crippen LogP contribution >= 0.6 is 0 Å². The highest BCUT2D eigenvalue weighted by Gasteiger charge is 2.15. The zero-order valence-corrected chi connectivity index (χ0v) is 20.2. The minimum Gasteiger partial charge on any atom is -0.496 e. The Labute approximate surface area is 204 Å². The van der Waals surface area contributed by atoms with E-state index in [2.05, 4.69) is 5.32 Å². The number of fused-ring (bicyclic) bond motifs is 1. The number of benzene rings is 3. The van der Waals surface area contributed by atoms with E-state index in [0.29, 0.717) is 29.2 Å². The van der Waals surface area contributed by atoms with Gasteiger partial charge in [-0.3, -0.25) is 9.59 Å². The summed E-state index contributed by atoms with van der Waals surface area (Å²) in [6.45, 7) is 5.90. The molecule has 1 amide bonds. The molecule has 35 heavy (non-hydrogen) atoms. The van der Waals surface area contributed by atoms with Crippen molar-refractivity contribution in [2.75, 3.05) is 19.0 Å². The van der Waals surface area contributed by atoms with Gasteiger partial charge in [0.2, 0.25) is 5.91 Å². The largest absolute Gasteiger partial charge is 0.496 e. The van der Waals surface area contributed by atoms with E-state index in [4.69, 9.17) is 13.9 Å². The molecule has 0 saturated carbocycles. The molecule has 1 heterocycles. The summed E-state index contributed by atoms with van der Waals surface area (Å²) in [6, 6.07) is 18.5. The van der Waals surface area contributed by atoms with Gasteiger partial charge in [-0.2, -0.15) is 0 Å². The molecular weight excluding hydrogens is 442 g/mol. The van der Waals surface area contributed by atoms with Crippen LogP contribution in [0.3, 0.4) is 0 Å². The van der Waals surface area contributed by atoms with Gasteiger partial charge in [-0.1, -0.05) is 24.3 Å². The molecule has 0 unspecified atom stereocenters. The molecule has 1 aromatic heterocycles. The zero-order chi connectivity index (χ0) is 24.9. The molecule has 0 aliphatic carbocycles. The molecular formula is C29H27NO5. The van der Waals surface area contributed by atoms with Gasteiger partial charge < -0.3 is 19.2 Å². The van der Waals surface area contributed by atoms with E-state index >= 15 is 0 Å². The van der Waals surface area contributed by atoms with Crippen LogP contribution in [0.5, 0.6) is 11.5 Å². The highest BCUT2D eigenvalue weighted by atomic mass is 16.5. The first-order chi connectivity index (χ1) is 16.9. The topological polar surface area (TPSA) is 77.8 Å². The molecule has 0 aliphatic heterocycles. The van der Waals surface area contributed by atoms with Crippen LogP contribution in [0.4, 0.5) is 5.69 Å². The first-order valence-electron chi connectivity index (χ1n) is 11.3. The van der Waals surface area contributed by atoms with Crippen LogP contribution in [0, 0.1) is 0 Å². The Morgan fingerprint density at radius 2 is 1.80 bits per heavy atom. The summed E-state index contributed by atoms with van der Waals surface area (Å²) < 4.78 is 16.9. The molecule has 0 atom stereocenters. The number of Topliss-reactive ketones (excluding diaryl/α,β-unsaturated/α-hetero) is 1. The predicted molar refractivity (Wildman–Crippen MR) is 138 cm³/mol. The molecule has 0 bridgehead atoms. The number of amides is 1. The number of furan rings is 1. The molecule has 0 aliphatic rings. The lowest BCUT2D eigenvalue weighted by Crippen LogP contribution is -2.09. The number of carbonyl (C=O) groups is 2. The van der Waals surface area contributed by atoms with E-state index < -0.39 is 0 Å². The van der Waals surface area contributed by atoms with Gasteiger partial charge in [-0.15, -0.1) is 0 Å². The Bertz CT molecular complexity index is 1410. The average molecular weight is 470 g/mol. The number of methoxy groups -OCH3 is 1. The van der Waals surface area contributed by atoms with Gasteiger partial charge >= 0.3 is 0 Å². The van der Waals surface area contributed by atoms with Crippen LogP contribution in [0.1, 0.15) is 36.7 Å². The third-order valence-electron chi connectivity index (χ3n) is 5.68. The number of nitrogens with one attached hydrogen (secondary N) is 1. The normalized spacial score (nSPS) is 11.4. The van der Waals surface area contributed by atoms with Crippen LogP contribution in [0.2, 0.25) is 0 Å². The first kappa shape index (κ1) is 23.8. The minimum atomic E-state index is -0.302. The predicted octanol–water partition coefficient (Wildman–Crippen LogP) is 6.75. The van der Waals surface area contributed by atoms with Gasteiger partial charge in [0.15, 0.2) is 5.78 Å². The fourth-order valence-corrected chi connectivity index (χ4v) is 3.92. The standard InChI is InChI=1S/C29H27NO5/c1-5-34-23-11-9-20(10-12-23)26-17-35-28-16-27(33-4)24(15-25(26)28)18(2)13-29(32)30-22-8-6-7-21(14-22)19(3)31/h6-17H,5H2,1-4H3,(H,30,32)/b18-13+. The Morgan fingerprint density at radius 3 is 2.49 bits per heavy atom. The van der Waals surface area contributed by atoms with Crippen LogP contribution in [-0.2, 0) is 4.79 Å². The van der Waals surface area contributed by atoms with Crippen molar-refractivity contribution < 1.29 is 23.5 Å². The van der Waals surface area contributed by atoms with E-state index in [1.165, 1.54) is 13.0 Å². The molecule has 6 heteroatoms. The maximum atomic E-state index is 12.7. The molecule has 0 fully saturated rings. The smallest absolute Gasteiger partial charge is 0.248 e. The lowest BCUT2D eigenvalue weighted by molar-refractivity contribution is -0.111.